The molecule has 190 valence electrons. The van der Waals surface area contributed by atoms with Gasteiger partial charge in [-0.3, -0.25) is 14.6 Å². The van der Waals surface area contributed by atoms with Crippen molar-refractivity contribution in [3.8, 4) is 0 Å². The summed E-state index contributed by atoms with van der Waals surface area (Å²) in [5, 5.41) is 0. The first kappa shape index (κ1) is 26.6. The molecule has 0 unspecified atom stereocenters. The molecule has 1 aromatic rings. The summed E-state index contributed by atoms with van der Waals surface area (Å²) in [6.45, 7) is 11.6. The van der Waals surface area contributed by atoms with Crippen LogP contribution in [0.4, 0.5) is 4.79 Å². The predicted molar refractivity (Wildman–Crippen MR) is 134 cm³/mol. The van der Waals surface area contributed by atoms with Crippen LogP contribution < -0.4 is 0 Å². The summed E-state index contributed by atoms with van der Waals surface area (Å²) in [4.78, 5) is 31.3. The van der Waals surface area contributed by atoms with Gasteiger partial charge in [-0.2, -0.15) is 0 Å². The molecule has 1 amide bonds. The monoisotopic (exact) mass is 473 g/mol. The number of carbonyl (C=O) groups is 2. The molecule has 4 rings (SSSR count). The number of piperazine rings is 1. The molecule has 2 aliphatic heterocycles. The maximum atomic E-state index is 12.4. The van der Waals surface area contributed by atoms with E-state index in [4.69, 9.17) is 9.47 Å². The number of benzene rings is 1. The zero-order chi connectivity index (χ0) is 23.4. The molecule has 1 aromatic carbocycles. The van der Waals surface area contributed by atoms with Gasteiger partial charge in [0, 0.05) is 50.9 Å². The molecule has 0 spiro atoms. The molecule has 0 N–H and O–H groups in total. The first-order valence-electron chi connectivity index (χ1n) is 12.4. The van der Waals surface area contributed by atoms with Gasteiger partial charge in [-0.25, -0.2) is 4.79 Å². The van der Waals surface area contributed by atoms with E-state index in [0.29, 0.717) is 31.8 Å². The number of ether oxygens (including phenoxy) is 2. The third kappa shape index (κ3) is 7.27. The highest BCUT2D eigenvalue weighted by atomic mass is 16.6. The van der Waals surface area contributed by atoms with E-state index >= 15 is 0 Å². The third-order valence-corrected chi connectivity index (χ3v) is 6.93. The van der Waals surface area contributed by atoms with E-state index < -0.39 is 5.60 Å². The van der Waals surface area contributed by atoms with Gasteiger partial charge in [0.2, 0.25) is 0 Å². The van der Waals surface area contributed by atoms with Crippen LogP contribution in [0.3, 0.4) is 0 Å². The average Bonchev–Trinajstić information content (AvgIpc) is 2.76. The summed E-state index contributed by atoms with van der Waals surface area (Å²) in [7, 11) is 0. The number of hydrogen-bond donors (Lipinski definition) is 0. The predicted octanol–water partition coefficient (Wildman–Crippen LogP) is 4.07. The van der Waals surface area contributed by atoms with Crippen molar-refractivity contribution in [2.24, 2.45) is 0 Å². The number of likely N-dealkylation sites (tertiary alicyclic amines) is 1. The summed E-state index contributed by atoms with van der Waals surface area (Å²) in [5.74, 6) is 0.207. The first-order valence-corrected chi connectivity index (χ1v) is 12.4. The zero-order valence-electron chi connectivity index (χ0n) is 20.4. The Hall–Kier alpha value is -1.96. The fourth-order valence-corrected chi connectivity index (χ4v) is 4.93. The van der Waals surface area contributed by atoms with E-state index in [0.717, 1.165) is 57.4 Å². The summed E-state index contributed by atoms with van der Waals surface area (Å²) < 4.78 is 11.8. The van der Waals surface area contributed by atoms with Crippen LogP contribution in [0.5, 0.6) is 0 Å². The highest BCUT2D eigenvalue weighted by Gasteiger charge is 2.38. The van der Waals surface area contributed by atoms with Crippen LogP contribution in [0.15, 0.2) is 30.3 Å². The second-order valence-corrected chi connectivity index (χ2v) is 10.7. The van der Waals surface area contributed by atoms with E-state index in [2.05, 4.69) is 9.80 Å². The van der Waals surface area contributed by atoms with Gasteiger partial charge < -0.3 is 14.4 Å². The molecule has 3 aliphatic rings. The summed E-state index contributed by atoms with van der Waals surface area (Å²) in [6.07, 6.45) is 4.32. The van der Waals surface area contributed by atoms with Crippen molar-refractivity contribution in [3.63, 3.8) is 0 Å². The second kappa shape index (κ2) is 11.6. The lowest BCUT2D eigenvalue weighted by molar-refractivity contribution is -0.107. The van der Waals surface area contributed by atoms with Gasteiger partial charge in [0.15, 0.2) is 5.78 Å². The number of nitrogens with zero attached hydrogens (tertiary/aromatic N) is 3. The number of Topliss-reactive ketones (excluding diaryl/α,β-unsaturated/α-hetero) is 1. The minimum atomic E-state index is -0.450. The molecule has 7 nitrogen and oxygen atoms in total. The maximum Gasteiger partial charge on any atom is 0.410 e. The molecule has 0 aromatic heterocycles. The summed E-state index contributed by atoms with van der Waals surface area (Å²) in [6, 6.07) is 10.2. The van der Waals surface area contributed by atoms with Crippen LogP contribution in [0.1, 0.15) is 64.2 Å². The van der Waals surface area contributed by atoms with Crippen LogP contribution in [-0.2, 0) is 9.47 Å². The molecule has 2 heterocycles. The molecule has 0 atom stereocenters. The topological polar surface area (TPSA) is 62.3 Å². The van der Waals surface area contributed by atoms with Crippen molar-refractivity contribution in [3.05, 3.63) is 35.9 Å². The highest BCUT2D eigenvalue weighted by molar-refractivity contribution is 5.97. The Labute approximate surface area is 205 Å². The fraction of sp³-hybridized carbons (Fsp3) is 0.704. The van der Waals surface area contributed by atoms with Crippen LogP contribution >= 0.6 is 0 Å². The lowest BCUT2D eigenvalue weighted by Gasteiger charge is -2.47. The quantitative estimate of drug-likeness (QED) is 0.581. The first-order chi connectivity index (χ1) is 15.8. The lowest BCUT2D eigenvalue weighted by Crippen LogP contribution is -2.56. The Morgan fingerprint density at radius 3 is 2.12 bits per heavy atom. The molecule has 1 aliphatic carbocycles. The molecule has 7 heteroatoms. The molecule has 0 radical (unpaired) electrons. The normalized spacial score (nSPS) is 24.7. The Kier molecular flexibility index (Phi) is 9.13. The smallest absolute Gasteiger partial charge is 0.410 e. The molecular weight excluding hydrogens is 430 g/mol. The zero-order valence-corrected chi connectivity index (χ0v) is 20.4. The summed E-state index contributed by atoms with van der Waals surface area (Å²) in [5.41, 5.74) is 0.352. The van der Waals surface area contributed by atoms with Gasteiger partial charge in [0.1, 0.15) is 5.60 Å². The van der Waals surface area contributed by atoms with Crippen molar-refractivity contribution in [1.29, 1.82) is 0 Å². The summed E-state index contributed by atoms with van der Waals surface area (Å²) >= 11 is 0. The van der Waals surface area contributed by atoms with Gasteiger partial charge in [-0.1, -0.05) is 37.8 Å². The minimum Gasteiger partial charge on any atom is -0.444 e. The van der Waals surface area contributed by atoms with E-state index in [-0.39, 0.29) is 25.4 Å². The van der Waals surface area contributed by atoms with Gasteiger partial charge >= 0.3 is 6.09 Å². The number of amides is 1. The number of carbonyl (C=O) groups excluding carboxylic acids is 2. The third-order valence-electron chi connectivity index (χ3n) is 6.93. The fourth-order valence-electron chi connectivity index (χ4n) is 4.93. The molecule has 2 saturated heterocycles. The standard InChI is InChI=1S/C26H39N3O4.CH4/c1-26(2,3)33-25(31)29-11-9-22(10-12-29)32-23-17-21(18-23)28-15-13-27(14-16-28)19-24(30)20-7-5-4-6-8-20;/h4-8,21-23H,9-19H2,1-3H3;1H4. The van der Waals surface area contributed by atoms with Gasteiger partial charge in [-0.15, -0.1) is 0 Å². The largest absolute Gasteiger partial charge is 0.444 e. The average molecular weight is 474 g/mol. The Morgan fingerprint density at radius 1 is 0.912 bits per heavy atom. The van der Waals surface area contributed by atoms with E-state index in [1.807, 2.05) is 51.1 Å². The number of ketones is 1. The number of hydrogen-bond acceptors (Lipinski definition) is 6. The lowest BCUT2D eigenvalue weighted by atomic mass is 9.87. The molecule has 3 fully saturated rings. The molecule has 0 bridgehead atoms. The Balaban J connectivity index is 0.00000324. The SMILES string of the molecule is C.CC(C)(C)OC(=O)N1CCC(OC2CC(N3CCN(CC(=O)c4ccccc4)CC3)C2)CC1. The minimum absolute atomic E-state index is 0. The van der Waals surface area contributed by atoms with Crippen molar-refractivity contribution in [2.45, 2.75) is 77.7 Å². The second-order valence-electron chi connectivity index (χ2n) is 10.7. The number of piperidine rings is 1. The van der Waals surface area contributed by atoms with Crippen molar-refractivity contribution >= 4 is 11.9 Å². The van der Waals surface area contributed by atoms with E-state index in [1.54, 1.807) is 4.90 Å². The van der Waals surface area contributed by atoms with Crippen LogP contribution in [0.25, 0.3) is 0 Å². The van der Waals surface area contributed by atoms with Crippen LogP contribution in [-0.4, -0.2) is 96.2 Å². The highest BCUT2D eigenvalue weighted by Crippen LogP contribution is 2.32. The van der Waals surface area contributed by atoms with Gasteiger partial charge in [0.25, 0.3) is 0 Å². The van der Waals surface area contributed by atoms with E-state index in [1.165, 1.54) is 0 Å². The van der Waals surface area contributed by atoms with Crippen LogP contribution in [0, 0.1) is 0 Å². The Bertz CT molecular complexity index is 788. The van der Waals surface area contributed by atoms with Crippen LogP contribution in [0.2, 0.25) is 0 Å². The van der Waals surface area contributed by atoms with Gasteiger partial charge in [0.05, 0.1) is 18.8 Å². The van der Waals surface area contributed by atoms with Gasteiger partial charge in [-0.05, 0) is 46.5 Å². The Morgan fingerprint density at radius 2 is 1.53 bits per heavy atom. The maximum absolute atomic E-state index is 12.4. The molecule has 34 heavy (non-hydrogen) atoms. The number of rotatable bonds is 6. The van der Waals surface area contributed by atoms with Crippen molar-refractivity contribution in [2.75, 3.05) is 45.8 Å². The van der Waals surface area contributed by atoms with E-state index in [9.17, 15) is 9.59 Å². The van der Waals surface area contributed by atoms with Crippen molar-refractivity contribution in [1.82, 2.24) is 14.7 Å². The van der Waals surface area contributed by atoms with Crippen molar-refractivity contribution < 1.29 is 19.1 Å². The molecular formula is C27H43N3O4. The molecule has 1 saturated carbocycles.